The Morgan fingerprint density at radius 3 is 1.25 bits per heavy atom. The van der Waals surface area contributed by atoms with Gasteiger partial charge < -0.3 is 41.5 Å². The zero-order valence-corrected chi connectivity index (χ0v) is 7.89. The Morgan fingerprint density at radius 1 is 1.00 bits per heavy atom. The fraction of sp³-hybridized carbons (Fsp3) is 0.667. The monoisotopic (exact) mass is 243 g/mol. The lowest BCUT2D eigenvalue weighted by molar-refractivity contribution is -0.302. The maximum absolute atomic E-state index is 9.77. The van der Waals surface area contributed by atoms with Gasteiger partial charge in [-0.15, -0.1) is 0 Å². The van der Waals surface area contributed by atoms with Crippen LogP contribution in [0.1, 0.15) is 0 Å². The van der Waals surface area contributed by atoms with Crippen LogP contribution in [0.15, 0.2) is 0 Å². The first kappa shape index (κ1) is 17.1. The van der Waals surface area contributed by atoms with Crippen molar-refractivity contribution >= 4 is 11.9 Å². The van der Waals surface area contributed by atoms with Gasteiger partial charge in [-0.25, -0.2) is 9.59 Å². The molecule has 0 spiro atoms. The predicted molar refractivity (Wildman–Crippen MR) is 45.7 cm³/mol. The number of nitrogens with two attached hydrogens (primary N) is 1. The molecule has 0 amide bonds. The molecule has 16 heavy (non-hydrogen) atoms. The molecule has 0 heterocycles. The van der Waals surface area contributed by atoms with E-state index >= 15 is 0 Å². The summed E-state index contributed by atoms with van der Waals surface area (Å²) in [5.74, 6) is -6.22. The summed E-state index contributed by atoms with van der Waals surface area (Å²) in [5, 5.41) is 56.0. The second-order valence-corrected chi connectivity index (χ2v) is 2.54. The molecule has 0 aromatic carbocycles. The topological polar surface area (TPSA) is 202 Å². The van der Waals surface area contributed by atoms with Gasteiger partial charge in [-0.05, 0) is 0 Å². The van der Waals surface area contributed by atoms with Crippen molar-refractivity contribution in [2.75, 3.05) is 6.54 Å². The standard InChI is InChI=1S/C4H6O6.C2H7NO3/c5-1(3(7)8)2(6)4(9)10;3-1-2(4,5)6/h1-2,5-6H,(H,7,8)(H,9,10);4-6H,1,3H2. The zero-order valence-electron chi connectivity index (χ0n) is 7.89. The first-order chi connectivity index (χ1) is 7.02. The molecule has 0 fully saturated rings. The molecule has 2 unspecified atom stereocenters. The van der Waals surface area contributed by atoms with Gasteiger partial charge in [-0.2, -0.15) is 0 Å². The van der Waals surface area contributed by atoms with Crippen LogP contribution in [0.3, 0.4) is 0 Å². The lowest BCUT2D eigenvalue weighted by atomic mass is 10.2. The minimum absolute atomic E-state index is 0.562. The van der Waals surface area contributed by atoms with E-state index in [1.54, 1.807) is 0 Å². The molecule has 0 bridgehead atoms. The molecule has 0 aliphatic rings. The van der Waals surface area contributed by atoms with E-state index in [1.165, 1.54) is 0 Å². The van der Waals surface area contributed by atoms with E-state index in [4.69, 9.17) is 35.7 Å². The highest BCUT2D eigenvalue weighted by Gasteiger charge is 2.29. The van der Waals surface area contributed by atoms with Crippen LogP contribution in [-0.4, -0.2) is 72.4 Å². The number of carboxylic acids is 2. The second kappa shape index (κ2) is 7.05. The van der Waals surface area contributed by atoms with Crippen molar-refractivity contribution in [3.8, 4) is 0 Å². The van der Waals surface area contributed by atoms with E-state index in [0.717, 1.165) is 0 Å². The van der Waals surface area contributed by atoms with E-state index in [2.05, 4.69) is 5.73 Å². The fourth-order valence-electron chi connectivity index (χ4n) is 0.270. The van der Waals surface area contributed by atoms with Crippen LogP contribution in [0.2, 0.25) is 0 Å². The number of carboxylic acid groups (broad SMARTS) is 2. The van der Waals surface area contributed by atoms with E-state index in [0.29, 0.717) is 0 Å². The quantitative estimate of drug-likeness (QED) is 0.222. The number of rotatable bonds is 4. The van der Waals surface area contributed by atoms with Crippen molar-refractivity contribution in [1.29, 1.82) is 0 Å². The largest absolute Gasteiger partial charge is 0.479 e. The molecule has 0 aromatic rings. The van der Waals surface area contributed by atoms with Gasteiger partial charge in [0.15, 0.2) is 12.2 Å². The van der Waals surface area contributed by atoms with E-state index in [-0.39, 0.29) is 0 Å². The molecule has 10 heteroatoms. The third-order valence-corrected chi connectivity index (χ3v) is 1.08. The Balaban J connectivity index is 0. The summed E-state index contributed by atoms with van der Waals surface area (Å²) in [4.78, 5) is 19.5. The fourth-order valence-corrected chi connectivity index (χ4v) is 0.270. The van der Waals surface area contributed by atoms with Crippen LogP contribution >= 0.6 is 0 Å². The third kappa shape index (κ3) is 9.26. The van der Waals surface area contributed by atoms with Crippen molar-refractivity contribution in [2.45, 2.75) is 18.2 Å². The average molecular weight is 243 g/mol. The number of hydrogen-bond acceptors (Lipinski definition) is 8. The molecular weight excluding hydrogens is 230 g/mol. The first-order valence-corrected chi connectivity index (χ1v) is 3.72. The Morgan fingerprint density at radius 2 is 1.19 bits per heavy atom. The van der Waals surface area contributed by atoms with Crippen molar-refractivity contribution in [3.05, 3.63) is 0 Å². The molecule has 0 rings (SSSR count). The molecule has 0 aliphatic heterocycles. The van der Waals surface area contributed by atoms with Crippen molar-refractivity contribution in [3.63, 3.8) is 0 Å². The number of aliphatic hydroxyl groups is 5. The number of hydrogen-bond donors (Lipinski definition) is 8. The van der Waals surface area contributed by atoms with Crippen molar-refractivity contribution in [1.82, 2.24) is 0 Å². The summed E-state index contributed by atoms with van der Waals surface area (Å²) in [6, 6.07) is 0. The smallest absolute Gasteiger partial charge is 0.335 e. The minimum atomic E-state index is -2.68. The summed E-state index contributed by atoms with van der Waals surface area (Å²) in [7, 11) is 0. The number of carbonyl (C=O) groups is 2. The normalized spacial score (nSPS) is 14.4. The summed E-state index contributed by atoms with van der Waals surface area (Å²) < 4.78 is 0. The Bertz CT molecular complexity index is 217. The zero-order chi connectivity index (χ0) is 13.5. The molecule has 96 valence electrons. The van der Waals surface area contributed by atoms with Gasteiger partial charge in [0, 0.05) is 0 Å². The summed E-state index contributed by atoms with van der Waals surface area (Å²) >= 11 is 0. The van der Waals surface area contributed by atoms with Crippen LogP contribution in [0.5, 0.6) is 0 Å². The van der Waals surface area contributed by atoms with Crippen LogP contribution in [0.4, 0.5) is 0 Å². The Kier molecular flexibility index (Phi) is 7.54. The SMILES string of the molecule is NCC(O)(O)O.O=C(O)C(O)C(O)C(=O)O. The maximum atomic E-state index is 9.77. The molecule has 0 aromatic heterocycles. The van der Waals surface area contributed by atoms with E-state index in [9.17, 15) is 9.59 Å². The lowest BCUT2D eigenvalue weighted by Crippen LogP contribution is -2.39. The highest BCUT2D eigenvalue weighted by atomic mass is 16.7. The van der Waals surface area contributed by atoms with Crippen LogP contribution in [0.25, 0.3) is 0 Å². The molecule has 0 saturated carbocycles. The molecule has 10 nitrogen and oxygen atoms in total. The lowest BCUT2D eigenvalue weighted by Gasteiger charge is -2.07. The molecule has 0 radical (unpaired) electrons. The van der Waals surface area contributed by atoms with Crippen LogP contribution < -0.4 is 5.73 Å². The van der Waals surface area contributed by atoms with Crippen LogP contribution in [-0.2, 0) is 9.59 Å². The van der Waals surface area contributed by atoms with Gasteiger partial charge in [0.25, 0.3) is 5.97 Å². The van der Waals surface area contributed by atoms with Gasteiger partial charge in [-0.3, -0.25) is 0 Å². The third-order valence-electron chi connectivity index (χ3n) is 1.08. The summed E-state index contributed by atoms with van der Waals surface area (Å²) in [5.41, 5.74) is 4.56. The number of aliphatic hydroxyl groups excluding tert-OH is 2. The van der Waals surface area contributed by atoms with Gasteiger partial charge in [0.05, 0.1) is 6.54 Å². The highest BCUT2D eigenvalue weighted by Crippen LogP contribution is 1.92. The molecule has 2 atom stereocenters. The number of aliphatic carboxylic acids is 2. The van der Waals surface area contributed by atoms with Crippen molar-refractivity contribution in [2.24, 2.45) is 5.73 Å². The molecule has 9 N–H and O–H groups in total. The summed E-state index contributed by atoms with van der Waals surface area (Å²) in [6.45, 7) is -0.562. The summed E-state index contributed by atoms with van der Waals surface area (Å²) in [6.07, 6.45) is -4.53. The van der Waals surface area contributed by atoms with Gasteiger partial charge >= 0.3 is 11.9 Å². The van der Waals surface area contributed by atoms with Crippen LogP contribution in [0, 0.1) is 0 Å². The molecule has 0 aliphatic carbocycles. The van der Waals surface area contributed by atoms with Crippen molar-refractivity contribution < 1.29 is 45.3 Å². The van der Waals surface area contributed by atoms with E-state index in [1.807, 2.05) is 0 Å². The first-order valence-electron chi connectivity index (χ1n) is 3.72. The second-order valence-electron chi connectivity index (χ2n) is 2.54. The Labute approximate surface area is 88.8 Å². The average Bonchev–Trinajstić information content (AvgIpc) is 2.15. The molecule has 0 saturated heterocycles. The minimum Gasteiger partial charge on any atom is -0.479 e. The molecular formula is C6H13NO9. The highest BCUT2D eigenvalue weighted by molar-refractivity contribution is 5.83. The van der Waals surface area contributed by atoms with Gasteiger partial charge in [-0.1, -0.05) is 0 Å². The van der Waals surface area contributed by atoms with Gasteiger partial charge in [0.2, 0.25) is 0 Å². The van der Waals surface area contributed by atoms with E-state index < -0.39 is 36.7 Å². The predicted octanol–water partition coefficient (Wildman–Crippen LogP) is -4.55. The van der Waals surface area contributed by atoms with Gasteiger partial charge in [0.1, 0.15) is 0 Å². The maximum Gasteiger partial charge on any atom is 0.335 e. The Hall–Kier alpha value is -1.30.